The van der Waals surface area contributed by atoms with Gasteiger partial charge in [-0.2, -0.15) is 0 Å². The van der Waals surface area contributed by atoms with E-state index < -0.39 is 0 Å². The molecule has 0 aromatic heterocycles. The number of benzene rings is 1. The number of thioether (sulfide) groups is 1. The number of carbonyl (C=O) groups is 1. The van der Waals surface area contributed by atoms with Crippen LogP contribution in [0.5, 0.6) is 0 Å². The molecular formula is C16H17ClN2OS2. The molecule has 2 saturated heterocycles. The van der Waals surface area contributed by atoms with E-state index in [-0.39, 0.29) is 5.91 Å². The lowest BCUT2D eigenvalue weighted by atomic mass is 10.1. The fourth-order valence-electron chi connectivity index (χ4n) is 2.66. The summed E-state index contributed by atoms with van der Waals surface area (Å²) in [5.74, 6) is -0.0134. The van der Waals surface area contributed by atoms with Gasteiger partial charge in [-0.3, -0.25) is 14.6 Å². The molecule has 1 amide bonds. The fraction of sp³-hybridized carbons (Fsp3) is 0.375. The molecule has 22 heavy (non-hydrogen) atoms. The topological polar surface area (TPSA) is 23.6 Å². The lowest BCUT2D eigenvalue weighted by Crippen LogP contribution is -2.42. The summed E-state index contributed by atoms with van der Waals surface area (Å²) >= 11 is 12.9. The highest BCUT2D eigenvalue weighted by Crippen LogP contribution is 2.34. The van der Waals surface area contributed by atoms with Gasteiger partial charge in [0, 0.05) is 5.02 Å². The minimum atomic E-state index is -0.0134. The molecule has 3 nitrogen and oxygen atoms in total. The van der Waals surface area contributed by atoms with Crippen molar-refractivity contribution in [2.24, 2.45) is 0 Å². The smallest absolute Gasteiger partial charge is 0.267 e. The molecule has 0 atom stereocenters. The van der Waals surface area contributed by atoms with E-state index in [4.69, 9.17) is 23.8 Å². The average molecular weight is 353 g/mol. The second-order valence-corrected chi connectivity index (χ2v) is 7.53. The highest BCUT2D eigenvalue weighted by atomic mass is 35.5. The largest absolute Gasteiger partial charge is 0.286 e. The first-order valence-electron chi connectivity index (χ1n) is 7.37. The van der Waals surface area contributed by atoms with Crippen LogP contribution >= 0.6 is 35.6 Å². The van der Waals surface area contributed by atoms with Crippen molar-refractivity contribution in [1.29, 1.82) is 0 Å². The third kappa shape index (κ3) is 3.54. The maximum absolute atomic E-state index is 12.6. The third-order valence-corrected chi connectivity index (χ3v) is 5.58. The Balaban J connectivity index is 1.75. The molecule has 2 aliphatic heterocycles. The van der Waals surface area contributed by atoms with Crippen LogP contribution in [0.15, 0.2) is 29.2 Å². The Labute approximate surface area is 145 Å². The van der Waals surface area contributed by atoms with Crippen molar-refractivity contribution in [3.05, 3.63) is 39.8 Å². The molecule has 2 aliphatic rings. The predicted octanol–water partition coefficient (Wildman–Crippen LogP) is 3.98. The highest BCUT2D eigenvalue weighted by molar-refractivity contribution is 8.26. The molecule has 0 unspecified atom stereocenters. The first-order chi connectivity index (χ1) is 10.6. The normalized spacial score (nSPS) is 21.9. The number of nitrogens with zero attached hydrogens (tertiary/aromatic N) is 2. The molecule has 3 rings (SSSR count). The number of halogens is 1. The molecule has 1 aromatic rings. The predicted molar refractivity (Wildman–Crippen MR) is 96.8 cm³/mol. The van der Waals surface area contributed by atoms with Crippen LogP contribution in [0.1, 0.15) is 24.8 Å². The second-order valence-electron chi connectivity index (χ2n) is 5.45. The summed E-state index contributed by atoms with van der Waals surface area (Å²) in [7, 11) is 0. The van der Waals surface area contributed by atoms with Crippen molar-refractivity contribution in [3.63, 3.8) is 0 Å². The summed E-state index contributed by atoms with van der Waals surface area (Å²) in [5.41, 5.74) is 0.850. The molecule has 0 bridgehead atoms. The summed E-state index contributed by atoms with van der Waals surface area (Å²) in [6.07, 6.45) is 5.51. The quantitative estimate of drug-likeness (QED) is 0.606. The first kappa shape index (κ1) is 16.0. The zero-order valence-corrected chi connectivity index (χ0v) is 14.5. The number of amides is 1. The lowest BCUT2D eigenvalue weighted by Gasteiger charge is -2.29. The van der Waals surface area contributed by atoms with Gasteiger partial charge in [0.15, 0.2) is 0 Å². The maximum Gasteiger partial charge on any atom is 0.267 e. The number of rotatable bonds is 3. The SMILES string of the molecule is O=C1C(=Cc2ccccc2Cl)SC(=S)N1CN1CCCCC1. The van der Waals surface area contributed by atoms with E-state index >= 15 is 0 Å². The van der Waals surface area contributed by atoms with Crippen molar-refractivity contribution < 1.29 is 4.79 Å². The van der Waals surface area contributed by atoms with Gasteiger partial charge in [-0.1, -0.05) is 60.2 Å². The van der Waals surface area contributed by atoms with E-state index in [0.29, 0.717) is 20.9 Å². The second kappa shape index (κ2) is 7.13. The molecular weight excluding hydrogens is 336 g/mol. The van der Waals surface area contributed by atoms with Crippen LogP contribution in [0.2, 0.25) is 5.02 Å². The molecule has 0 radical (unpaired) electrons. The van der Waals surface area contributed by atoms with Crippen molar-refractivity contribution in [1.82, 2.24) is 9.80 Å². The monoisotopic (exact) mass is 352 g/mol. The summed E-state index contributed by atoms with van der Waals surface area (Å²) in [5, 5.41) is 0.642. The highest BCUT2D eigenvalue weighted by Gasteiger charge is 2.33. The van der Waals surface area contributed by atoms with E-state index in [1.807, 2.05) is 30.3 Å². The number of hydrogen-bond donors (Lipinski definition) is 0. The minimum absolute atomic E-state index is 0.0134. The van der Waals surface area contributed by atoms with E-state index in [0.717, 1.165) is 18.7 Å². The Morgan fingerprint density at radius 3 is 2.68 bits per heavy atom. The van der Waals surface area contributed by atoms with Crippen molar-refractivity contribution in [2.45, 2.75) is 19.3 Å². The van der Waals surface area contributed by atoms with Crippen LogP contribution in [0, 0.1) is 0 Å². The molecule has 0 aliphatic carbocycles. The van der Waals surface area contributed by atoms with Gasteiger partial charge in [0.2, 0.25) is 0 Å². The standard InChI is InChI=1S/C16H17ClN2OS2/c17-13-7-3-2-6-12(13)10-14-15(20)19(16(21)22-14)11-18-8-4-1-5-9-18/h2-3,6-7,10H,1,4-5,8-9,11H2. The van der Waals surface area contributed by atoms with E-state index in [1.54, 1.807) is 4.90 Å². The van der Waals surface area contributed by atoms with E-state index in [1.165, 1.54) is 31.0 Å². The van der Waals surface area contributed by atoms with Gasteiger partial charge in [0.1, 0.15) is 4.32 Å². The van der Waals surface area contributed by atoms with Crippen LogP contribution in [-0.2, 0) is 4.79 Å². The Kier molecular flexibility index (Phi) is 5.18. The number of carbonyl (C=O) groups excluding carboxylic acids is 1. The fourth-order valence-corrected chi connectivity index (χ4v) is 4.08. The van der Waals surface area contributed by atoms with Crippen LogP contribution < -0.4 is 0 Å². The van der Waals surface area contributed by atoms with Gasteiger partial charge < -0.3 is 0 Å². The van der Waals surface area contributed by atoms with Crippen LogP contribution in [-0.4, -0.2) is 39.8 Å². The summed E-state index contributed by atoms with van der Waals surface area (Å²) in [6.45, 7) is 2.69. The molecule has 2 heterocycles. The minimum Gasteiger partial charge on any atom is -0.286 e. The zero-order chi connectivity index (χ0) is 15.5. The summed E-state index contributed by atoms with van der Waals surface area (Å²) < 4.78 is 0.633. The molecule has 6 heteroatoms. The van der Waals surface area contributed by atoms with Gasteiger partial charge in [-0.15, -0.1) is 0 Å². The Morgan fingerprint density at radius 1 is 1.23 bits per heavy atom. The molecule has 0 spiro atoms. The average Bonchev–Trinajstić information content (AvgIpc) is 2.78. The third-order valence-electron chi connectivity index (χ3n) is 3.86. The number of thiocarbonyl (C=S) groups is 1. The number of piperidine rings is 1. The number of likely N-dealkylation sites (tertiary alicyclic amines) is 1. The number of hydrogen-bond acceptors (Lipinski definition) is 4. The molecule has 2 fully saturated rings. The lowest BCUT2D eigenvalue weighted by molar-refractivity contribution is -0.123. The molecule has 116 valence electrons. The summed E-state index contributed by atoms with van der Waals surface area (Å²) in [6, 6.07) is 7.51. The van der Waals surface area contributed by atoms with Crippen molar-refractivity contribution in [2.75, 3.05) is 19.8 Å². The Hall–Kier alpha value is -0.880. The van der Waals surface area contributed by atoms with Crippen LogP contribution in [0.25, 0.3) is 6.08 Å². The van der Waals surface area contributed by atoms with Gasteiger partial charge in [0.05, 0.1) is 11.6 Å². The molecule has 1 aromatic carbocycles. The first-order valence-corrected chi connectivity index (χ1v) is 8.98. The van der Waals surface area contributed by atoms with Crippen molar-refractivity contribution in [3.8, 4) is 0 Å². The van der Waals surface area contributed by atoms with Gasteiger partial charge in [0.25, 0.3) is 5.91 Å². The van der Waals surface area contributed by atoms with Crippen LogP contribution in [0.3, 0.4) is 0 Å². The van der Waals surface area contributed by atoms with Gasteiger partial charge in [-0.25, -0.2) is 0 Å². The van der Waals surface area contributed by atoms with Gasteiger partial charge in [-0.05, 0) is 43.6 Å². The Morgan fingerprint density at radius 2 is 1.95 bits per heavy atom. The van der Waals surface area contributed by atoms with Crippen molar-refractivity contribution >= 4 is 51.9 Å². The summed E-state index contributed by atoms with van der Waals surface area (Å²) in [4.78, 5) is 17.2. The zero-order valence-electron chi connectivity index (χ0n) is 12.1. The van der Waals surface area contributed by atoms with E-state index in [9.17, 15) is 4.79 Å². The molecule has 0 saturated carbocycles. The Bertz CT molecular complexity index is 626. The van der Waals surface area contributed by atoms with Crippen LogP contribution in [0.4, 0.5) is 0 Å². The van der Waals surface area contributed by atoms with E-state index in [2.05, 4.69) is 4.90 Å². The maximum atomic E-state index is 12.6. The van der Waals surface area contributed by atoms with Gasteiger partial charge >= 0.3 is 0 Å². The molecule has 0 N–H and O–H groups in total.